The molecule has 1 aromatic heterocycles. The lowest BCUT2D eigenvalue weighted by Gasteiger charge is -2.22. The van der Waals surface area contributed by atoms with Crippen molar-refractivity contribution in [3.05, 3.63) is 59.2 Å². The lowest BCUT2D eigenvalue weighted by Crippen LogP contribution is -2.34. The molecule has 1 amide bonds. The summed E-state index contributed by atoms with van der Waals surface area (Å²) in [6.45, 7) is 5.41. The van der Waals surface area contributed by atoms with Gasteiger partial charge in [-0.2, -0.15) is 0 Å². The van der Waals surface area contributed by atoms with Crippen molar-refractivity contribution in [2.45, 2.75) is 20.4 Å². The molecule has 2 rings (SSSR count). The molecule has 1 aromatic carbocycles. The van der Waals surface area contributed by atoms with Crippen molar-refractivity contribution >= 4 is 5.91 Å². The number of benzene rings is 1. The molecule has 0 saturated heterocycles. The normalized spacial score (nSPS) is 10.5. The van der Waals surface area contributed by atoms with Crippen molar-refractivity contribution in [1.29, 1.82) is 0 Å². The summed E-state index contributed by atoms with van der Waals surface area (Å²) in [7, 11) is 1.63. The maximum absolute atomic E-state index is 12.6. The van der Waals surface area contributed by atoms with Gasteiger partial charge in [-0.25, -0.2) is 4.98 Å². The second-order valence-corrected chi connectivity index (χ2v) is 5.25. The van der Waals surface area contributed by atoms with Gasteiger partial charge in [-0.1, -0.05) is 29.8 Å². The summed E-state index contributed by atoms with van der Waals surface area (Å²) in [6.07, 6.45) is 3.13. The van der Waals surface area contributed by atoms with Crippen molar-refractivity contribution in [1.82, 2.24) is 14.9 Å². The Morgan fingerprint density at radius 3 is 2.45 bits per heavy atom. The summed E-state index contributed by atoms with van der Waals surface area (Å²) in [5.74, 6) is -0.134. The Bertz CT molecular complexity index is 609. The number of carbonyl (C=O) groups is 1. The summed E-state index contributed by atoms with van der Waals surface area (Å²) in [4.78, 5) is 22.6. The molecule has 0 aliphatic rings. The summed E-state index contributed by atoms with van der Waals surface area (Å²) in [5, 5.41) is 0. The monoisotopic (exact) mass is 299 g/mol. The molecule has 0 radical (unpaired) electrons. The number of carbonyl (C=O) groups excluding carboxylic acids is 1. The minimum absolute atomic E-state index is 0.134. The second-order valence-electron chi connectivity index (χ2n) is 5.25. The van der Waals surface area contributed by atoms with Gasteiger partial charge in [0.2, 0.25) is 0 Å². The van der Waals surface area contributed by atoms with Gasteiger partial charge in [0.1, 0.15) is 5.69 Å². The average Bonchev–Trinajstić information content (AvgIpc) is 2.53. The van der Waals surface area contributed by atoms with Gasteiger partial charge in [0.15, 0.2) is 0 Å². The SMILES string of the molecule is COCCN(Cc1ccc(C)cc1)C(=O)c1cnc(C)cn1. The van der Waals surface area contributed by atoms with Crippen molar-refractivity contribution in [2.75, 3.05) is 20.3 Å². The van der Waals surface area contributed by atoms with E-state index in [4.69, 9.17) is 4.74 Å². The number of aromatic nitrogens is 2. The van der Waals surface area contributed by atoms with Gasteiger partial charge < -0.3 is 9.64 Å². The molecule has 0 unspecified atom stereocenters. The fourth-order valence-electron chi connectivity index (χ4n) is 2.03. The number of aryl methyl sites for hydroxylation is 2. The summed E-state index contributed by atoms with van der Waals surface area (Å²) in [6, 6.07) is 8.15. The molecule has 116 valence electrons. The number of methoxy groups -OCH3 is 1. The molecule has 0 atom stereocenters. The molecule has 22 heavy (non-hydrogen) atoms. The minimum atomic E-state index is -0.134. The maximum atomic E-state index is 12.6. The molecule has 0 aliphatic heterocycles. The molecule has 0 bridgehead atoms. The number of hydrogen-bond acceptors (Lipinski definition) is 4. The van der Waals surface area contributed by atoms with Crippen LogP contribution in [-0.2, 0) is 11.3 Å². The zero-order valence-corrected chi connectivity index (χ0v) is 13.2. The number of amides is 1. The van der Waals surface area contributed by atoms with Gasteiger partial charge in [-0.05, 0) is 19.4 Å². The van der Waals surface area contributed by atoms with E-state index in [0.29, 0.717) is 25.4 Å². The van der Waals surface area contributed by atoms with Crippen LogP contribution < -0.4 is 0 Å². The van der Waals surface area contributed by atoms with Crippen LogP contribution in [0.2, 0.25) is 0 Å². The summed E-state index contributed by atoms with van der Waals surface area (Å²) in [5.41, 5.74) is 3.42. The number of nitrogens with zero attached hydrogens (tertiary/aromatic N) is 3. The fraction of sp³-hybridized carbons (Fsp3) is 0.353. The third-order valence-corrected chi connectivity index (χ3v) is 3.35. The molecule has 0 N–H and O–H groups in total. The van der Waals surface area contributed by atoms with Crippen LogP contribution in [0.3, 0.4) is 0 Å². The Balaban J connectivity index is 2.15. The highest BCUT2D eigenvalue weighted by Gasteiger charge is 2.17. The molecule has 0 aliphatic carbocycles. The predicted molar refractivity (Wildman–Crippen MR) is 84.6 cm³/mol. The van der Waals surface area contributed by atoms with Gasteiger partial charge >= 0.3 is 0 Å². The smallest absolute Gasteiger partial charge is 0.274 e. The largest absolute Gasteiger partial charge is 0.383 e. The van der Waals surface area contributed by atoms with Crippen molar-refractivity contribution < 1.29 is 9.53 Å². The zero-order valence-electron chi connectivity index (χ0n) is 13.2. The van der Waals surface area contributed by atoms with Gasteiger partial charge in [0, 0.05) is 26.4 Å². The van der Waals surface area contributed by atoms with E-state index in [9.17, 15) is 4.79 Å². The first-order valence-corrected chi connectivity index (χ1v) is 7.22. The molecule has 5 nitrogen and oxygen atoms in total. The molecule has 5 heteroatoms. The first-order chi connectivity index (χ1) is 10.6. The Morgan fingerprint density at radius 2 is 1.86 bits per heavy atom. The standard InChI is InChI=1S/C17H21N3O2/c1-13-4-6-15(7-5-13)12-20(8-9-22-3)17(21)16-11-18-14(2)10-19-16/h4-7,10-11H,8-9,12H2,1-3H3. The predicted octanol–water partition coefficient (Wildman–Crippen LogP) is 2.38. The van der Waals surface area contributed by atoms with Crippen LogP contribution in [0.15, 0.2) is 36.7 Å². The Morgan fingerprint density at radius 1 is 1.14 bits per heavy atom. The highest BCUT2D eigenvalue weighted by molar-refractivity contribution is 5.91. The lowest BCUT2D eigenvalue weighted by atomic mass is 10.1. The Kier molecular flexibility index (Phi) is 5.61. The van der Waals surface area contributed by atoms with Crippen molar-refractivity contribution in [2.24, 2.45) is 0 Å². The van der Waals surface area contributed by atoms with E-state index < -0.39 is 0 Å². The van der Waals surface area contributed by atoms with Crippen molar-refractivity contribution in [3.63, 3.8) is 0 Å². The second kappa shape index (κ2) is 7.66. The van der Waals surface area contributed by atoms with E-state index in [1.54, 1.807) is 18.2 Å². The topological polar surface area (TPSA) is 55.3 Å². The van der Waals surface area contributed by atoms with E-state index in [2.05, 4.69) is 9.97 Å². The fourth-order valence-corrected chi connectivity index (χ4v) is 2.03. The van der Waals surface area contributed by atoms with E-state index in [-0.39, 0.29) is 5.91 Å². The highest BCUT2D eigenvalue weighted by Crippen LogP contribution is 2.10. The van der Waals surface area contributed by atoms with Gasteiger partial charge in [-0.15, -0.1) is 0 Å². The van der Waals surface area contributed by atoms with Crippen LogP contribution in [0.4, 0.5) is 0 Å². The van der Waals surface area contributed by atoms with Crippen LogP contribution in [0, 0.1) is 13.8 Å². The zero-order chi connectivity index (χ0) is 15.9. The lowest BCUT2D eigenvalue weighted by molar-refractivity contribution is 0.0674. The van der Waals surface area contributed by atoms with E-state index in [1.165, 1.54) is 11.8 Å². The third kappa shape index (κ3) is 4.36. The molecule has 0 fully saturated rings. The van der Waals surface area contributed by atoms with Gasteiger partial charge in [0.05, 0.1) is 18.5 Å². The number of hydrogen-bond donors (Lipinski definition) is 0. The quantitative estimate of drug-likeness (QED) is 0.822. The van der Waals surface area contributed by atoms with Crippen LogP contribution in [0.5, 0.6) is 0 Å². The molecular weight excluding hydrogens is 278 g/mol. The molecular formula is C17H21N3O2. The first kappa shape index (κ1) is 16.1. The van der Waals surface area contributed by atoms with Crippen LogP contribution in [0.25, 0.3) is 0 Å². The Labute approximate surface area is 131 Å². The Hall–Kier alpha value is -2.27. The van der Waals surface area contributed by atoms with Crippen LogP contribution in [0.1, 0.15) is 27.3 Å². The van der Waals surface area contributed by atoms with Crippen LogP contribution >= 0.6 is 0 Å². The molecule has 1 heterocycles. The average molecular weight is 299 g/mol. The minimum Gasteiger partial charge on any atom is -0.383 e. The maximum Gasteiger partial charge on any atom is 0.274 e. The molecule has 2 aromatic rings. The van der Waals surface area contributed by atoms with Gasteiger partial charge in [0.25, 0.3) is 5.91 Å². The number of rotatable bonds is 6. The van der Waals surface area contributed by atoms with Crippen molar-refractivity contribution in [3.8, 4) is 0 Å². The third-order valence-electron chi connectivity index (χ3n) is 3.35. The van der Waals surface area contributed by atoms with E-state index in [1.807, 2.05) is 38.1 Å². The first-order valence-electron chi connectivity index (χ1n) is 7.22. The van der Waals surface area contributed by atoms with E-state index >= 15 is 0 Å². The highest BCUT2D eigenvalue weighted by atomic mass is 16.5. The summed E-state index contributed by atoms with van der Waals surface area (Å²) >= 11 is 0. The van der Waals surface area contributed by atoms with Gasteiger partial charge in [-0.3, -0.25) is 9.78 Å². The molecule has 0 saturated carbocycles. The summed E-state index contributed by atoms with van der Waals surface area (Å²) < 4.78 is 5.10. The van der Waals surface area contributed by atoms with E-state index in [0.717, 1.165) is 11.3 Å². The molecule has 0 spiro atoms. The number of ether oxygens (including phenoxy) is 1. The van der Waals surface area contributed by atoms with Crippen LogP contribution in [-0.4, -0.2) is 41.0 Å².